The number of rotatable bonds is 4. The molecule has 0 amide bonds. The predicted octanol–water partition coefficient (Wildman–Crippen LogP) is 6.08. The summed E-state index contributed by atoms with van der Waals surface area (Å²) in [7, 11) is 0. The Morgan fingerprint density at radius 1 is 0.972 bits per heavy atom. The first-order chi connectivity index (χ1) is 17.4. The molecule has 36 heavy (non-hydrogen) atoms. The molecular weight excluding hydrogens is 455 g/mol. The average Bonchev–Trinajstić information content (AvgIpc) is 3.59. The number of halogens is 1. The van der Waals surface area contributed by atoms with E-state index in [4.69, 9.17) is 14.7 Å². The van der Waals surface area contributed by atoms with Crippen LogP contribution in [0.5, 0.6) is 0 Å². The molecule has 2 aliphatic rings. The highest BCUT2D eigenvalue weighted by atomic mass is 19.1. The Morgan fingerprint density at radius 2 is 1.72 bits per heavy atom. The van der Waals surface area contributed by atoms with Crippen LogP contribution in [-0.4, -0.2) is 42.9 Å². The Bertz CT molecular complexity index is 1340. The van der Waals surface area contributed by atoms with E-state index in [1.807, 2.05) is 43.1 Å². The molecule has 1 saturated carbocycles. The molecule has 4 heterocycles. The SMILES string of the molecule is Cc1nc2nc(C3CCOCC3)nc(-c3ccc(C(C)C)cc3F)c2nc1C.c1cnn(C2CC2)c1. The number of hydrogen-bond acceptors (Lipinski definition) is 6. The van der Waals surface area contributed by atoms with Crippen molar-refractivity contribution < 1.29 is 9.13 Å². The van der Waals surface area contributed by atoms with Gasteiger partial charge in [-0.1, -0.05) is 19.9 Å². The van der Waals surface area contributed by atoms with Crippen molar-refractivity contribution in [1.29, 1.82) is 0 Å². The molecule has 8 heteroatoms. The van der Waals surface area contributed by atoms with Gasteiger partial charge in [-0.25, -0.2) is 24.3 Å². The lowest BCUT2D eigenvalue weighted by atomic mass is 9.98. The van der Waals surface area contributed by atoms with Crippen molar-refractivity contribution >= 4 is 11.2 Å². The lowest BCUT2D eigenvalue weighted by molar-refractivity contribution is 0.0836. The van der Waals surface area contributed by atoms with Crippen molar-refractivity contribution in [2.75, 3.05) is 13.2 Å². The van der Waals surface area contributed by atoms with Gasteiger partial charge in [0.15, 0.2) is 5.65 Å². The number of nitrogens with zero attached hydrogens (tertiary/aromatic N) is 6. The number of fused-ring (bicyclic) bond motifs is 1. The smallest absolute Gasteiger partial charge is 0.182 e. The molecule has 7 nitrogen and oxygen atoms in total. The van der Waals surface area contributed by atoms with Crippen LogP contribution in [0, 0.1) is 19.7 Å². The van der Waals surface area contributed by atoms with Crippen LogP contribution in [-0.2, 0) is 4.74 Å². The van der Waals surface area contributed by atoms with E-state index >= 15 is 4.39 Å². The topological polar surface area (TPSA) is 78.6 Å². The van der Waals surface area contributed by atoms with Gasteiger partial charge in [-0.2, -0.15) is 5.10 Å². The zero-order valence-corrected chi connectivity index (χ0v) is 21.4. The molecule has 0 radical (unpaired) electrons. The van der Waals surface area contributed by atoms with Crippen molar-refractivity contribution in [2.45, 2.75) is 71.3 Å². The van der Waals surface area contributed by atoms with Crippen LogP contribution in [0.3, 0.4) is 0 Å². The van der Waals surface area contributed by atoms with E-state index in [2.05, 4.69) is 28.9 Å². The molecule has 6 rings (SSSR count). The molecule has 4 aromatic rings. The molecule has 0 atom stereocenters. The maximum Gasteiger partial charge on any atom is 0.182 e. The van der Waals surface area contributed by atoms with E-state index in [-0.39, 0.29) is 17.7 Å². The Labute approximate surface area is 211 Å². The molecule has 3 aromatic heterocycles. The highest BCUT2D eigenvalue weighted by Gasteiger charge is 2.24. The van der Waals surface area contributed by atoms with Gasteiger partial charge in [0, 0.05) is 37.1 Å². The largest absolute Gasteiger partial charge is 0.381 e. The molecule has 1 aromatic carbocycles. The molecule has 2 fully saturated rings. The van der Waals surface area contributed by atoms with Crippen molar-refractivity contribution in [3.8, 4) is 11.3 Å². The average molecular weight is 489 g/mol. The number of hydrogen-bond donors (Lipinski definition) is 0. The standard InChI is InChI=1S/C22H25FN4O.C6H8N2/c1-12(2)16-5-6-17(18(23)11-16)19-20-22(25-14(4)13(3)24-20)27-21(26-19)15-7-9-28-10-8-15;1-4-7-8(5-1)6-2-3-6/h5-6,11-12,15H,7-10H2,1-4H3;1,4-6H,2-3H2. The third kappa shape index (κ3) is 5.28. The van der Waals surface area contributed by atoms with Gasteiger partial charge < -0.3 is 4.74 Å². The third-order valence-electron chi connectivity index (χ3n) is 6.91. The molecule has 1 saturated heterocycles. The van der Waals surface area contributed by atoms with Crippen molar-refractivity contribution in [3.63, 3.8) is 0 Å². The van der Waals surface area contributed by atoms with Crippen molar-refractivity contribution in [2.24, 2.45) is 0 Å². The molecule has 0 bridgehead atoms. The zero-order chi connectivity index (χ0) is 25.2. The molecule has 0 spiro atoms. The van der Waals surface area contributed by atoms with Crippen LogP contribution in [0.1, 0.15) is 80.2 Å². The maximum absolute atomic E-state index is 15.0. The monoisotopic (exact) mass is 488 g/mol. The quantitative estimate of drug-likeness (QED) is 0.346. The van der Waals surface area contributed by atoms with Gasteiger partial charge in [0.05, 0.1) is 17.4 Å². The van der Waals surface area contributed by atoms with Gasteiger partial charge in [-0.05, 0) is 69.2 Å². The summed E-state index contributed by atoms with van der Waals surface area (Å²) >= 11 is 0. The lowest BCUT2D eigenvalue weighted by Crippen LogP contribution is -2.17. The molecule has 1 aliphatic carbocycles. The fraction of sp³-hybridized carbons (Fsp3) is 0.464. The lowest BCUT2D eigenvalue weighted by Gasteiger charge is -2.21. The first-order valence-electron chi connectivity index (χ1n) is 12.8. The Hall–Kier alpha value is -3.26. The summed E-state index contributed by atoms with van der Waals surface area (Å²) in [4.78, 5) is 18.8. The van der Waals surface area contributed by atoms with Gasteiger partial charge in [0.2, 0.25) is 0 Å². The van der Waals surface area contributed by atoms with Gasteiger partial charge in [-0.15, -0.1) is 0 Å². The second kappa shape index (κ2) is 10.4. The van der Waals surface area contributed by atoms with E-state index in [9.17, 15) is 0 Å². The van der Waals surface area contributed by atoms with Crippen LogP contribution in [0.2, 0.25) is 0 Å². The second-order valence-corrected chi connectivity index (χ2v) is 9.99. The minimum atomic E-state index is -0.288. The Kier molecular flexibility index (Phi) is 7.05. The van der Waals surface area contributed by atoms with Gasteiger partial charge in [-0.3, -0.25) is 4.68 Å². The van der Waals surface area contributed by atoms with Crippen LogP contribution >= 0.6 is 0 Å². The summed E-state index contributed by atoms with van der Waals surface area (Å²) in [5.41, 5.74) is 4.64. The summed E-state index contributed by atoms with van der Waals surface area (Å²) in [6.45, 7) is 9.30. The van der Waals surface area contributed by atoms with E-state index in [0.717, 1.165) is 35.8 Å². The van der Waals surface area contributed by atoms with E-state index in [1.54, 1.807) is 12.1 Å². The minimum Gasteiger partial charge on any atom is -0.381 e. The molecule has 0 N–H and O–H groups in total. The van der Waals surface area contributed by atoms with Crippen LogP contribution in [0.4, 0.5) is 4.39 Å². The number of ether oxygens (including phenoxy) is 1. The highest BCUT2D eigenvalue weighted by molar-refractivity contribution is 5.87. The first-order valence-corrected chi connectivity index (χ1v) is 12.8. The Balaban J connectivity index is 0.000000280. The normalized spacial score (nSPS) is 16.3. The third-order valence-corrected chi connectivity index (χ3v) is 6.91. The second-order valence-electron chi connectivity index (χ2n) is 9.99. The fourth-order valence-electron chi connectivity index (χ4n) is 4.37. The van der Waals surface area contributed by atoms with Crippen LogP contribution in [0.25, 0.3) is 22.4 Å². The van der Waals surface area contributed by atoms with Crippen molar-refractivity contribution in [3.05, 3.63) is 65.3 Å². The molecule has 1 aliphatic heterocycles. The first kappa shape index (κ1) is 24.4. The van der Waals surface area contributed by atoms with Crippen LogP contribution < -0.4 is 0 Å². The number of benzene rings is 1. The molecular formula is C28H33FN6O. The van der Waals surface area contributed by atoms with Gasteiger partial charge >= 0.3 is 0 Å². The predicted molar refractivity (Wildman–Crippen MR) is 137 cm³/mol. The number of aryl methyl sites for hydroxylation is 2. The fourth-order valence-corrected chi connectivity index (χ4v) is 4.37. The van der Waals surface area contributed by atoms with E-state index < -0.39 is 0 Å². The molecule has 0 unspecified atom stereocenters. The summed E-state index contributed by atoms with van der Waals surface area (Å²) in [5.74, 6) is 0.867. The zero-order valence-electron chi connectivity index (χ0n) is 21.4. The van der Waals surface area contributed by atoms with E-state index in [0.29, 0.717) is 41.5 Å². The summed E-state index contributed by atoms with van der Waals surface area (Å²) < 4.78 is 22.5. The number of aromatic nitrogens is 6. The van der Waals surface area contributed by atoms with Crippen molar-refractivity contribution in [1.82, 2.24) is 29.7 Å². The highest BCUT2D eigenvalue weighted by Crippen LogP contribution is 2.34. The summed E-state index contributed by atoms with van der Waals surface area (Å²) in [6.07, 6.45) is 8.22. The Morgan fingerprint density at radius 3 is 2.36 bits per heavy atom. The molecule has 188 valence electrons. The maximum atomic E-state index is 15.0. The van der Waals surface area contributed by atoms with Crippen LogP contribution in [0.15, 0.2) is 36.7 Å². The van der Waals surface area contributed by atoms with Gasteiger partial charge in [0.1, 0.15) is 22.9 Å². The van der Waals surface area contributed by atoms with E-state index in [1.165, 1.54) is 12.8 Å². The summed E-state index contributed by atoms with van der Waals surface area (Å²) in [5, 5.41) is 4.09. The van der Waals surface area contributed by atoms with Gasteiger partial charge in [0.25, 0.3) is 0 Å². The summed E-state index contributed by atoms with van der Waals surface area (Å²) in [6, 6.07) is 8.07. The minimum absolute atomic E-state index is 0.193.